The van der Waals surface area contributed by atoms with Crippen molar-refractivity contribution in [2.24, 2.45) is 0 Å². The van der Waals surface area contributed by atoms with Gasteiger partial charge in [0.2, 0.25) is 5.89 Å². The summed E-state index contributed by atoms with van der Waals surface area (Å²) in [5.41, 5.74) is 1.03. The van der Waals surface area contributed by atoms with Crippen molar-refractivity contribution in [2.45, 2.75) is 31.7 Å². The summed E-state index contributed by atoms with van der Waals surface area (Å²) in [6.07, 6.45) is 0.731. The van der Waals surface area contributed by atoms with Gasteiger partial charge in [0.1, 0.15) is 11.2 Å². The minimum Gasteiger partial charge on any atom is -0.406 e. The Kier molecular flexibility index (Phi) is 4.37. The quantitative estimate of drug-likeness (QED) is 0.853. The summed E-state index contributed by atoms with van der Waals surface area (Å²) in [5.74, 6) is 0.153. The molecule has 0 amide bonds. The number of nitrogens with zero attached hydrogens (tertiary/aromatic N) is 2. The second kappa shape index (κ2) is 6.02. The Hall–Kier alpha value is -1.62. The van der Waals surface area contributed by atoms with Crippen molar-refractivity contribution in [3.8, 4) is 0 Å². The van der Waals surface area contributed by atoms with Crippen LogP contribution in [0.25, 0.3) is 0 Å². The van der Waals surface area contributed by atoms with E-state index < -0.39 is 0 Å². The topological polar surface area (TPSA) is 51.0 Å². The average molecular weight is 284 g/mol. The Morgan fingerprint density at radius 1 is 1.26 bits per heavy atom. The van der Waals surface area contributed by atoms with Crippen LogP contribution in [0.4, 0.5) is 10.4 Å². The molecule has 1 heterocycles. The molecule has 1 aromatic heterocycles. The Bertz CT molecular complexity index is 527. The van der Waals surface area contributed by atoms with Gasteiger partial charge in [-0.25, -0.2) is 4.39 Å². The number of aromatic nitrogens is 2. The molecule has 0 spiro atoms. The fourth-order valence-corrected chi connectivity index (χ4v) is 1.78. The second-order valence-corrected chi connectivity index (χ2v) is 5.09. The Balaban J connectivity index is 1.93. The molecule has 0 aliphatic carbocycles. The second-order valence-electron chi connectivity index (χ2n) is 4.44. The summed E-state index contributed by atoms with van der Waals surface area (Å²) < 4.78 is 18.1. The van der Waals surface area contributed by atoms with Gasteiger partial charge in [0.15, 0.2) is 0 Å². The summed E-state index contributed by atoms with van der Waals surface area (Å²) in [5, 5.41) is 10.5. The number of alkyl halides is 1. The fourth-order valence-electron chi connectivity index (χ4n) is 1.69. The molecule has 4 nitrogen and oxygen atoms in total. The number of hydrogen-bond acceptors (Lipinski definition) is 4. The zero-order valence-electron chi connectivity index (χ0n) is 10.7. The third kappa shape index (κ3) is 3.92. The fraction of sp³-hybridized carbons (Fsp3) is 0.385. The number of benzene rings is 1. The number of anilines is 1. The van der Waals surface area contributed by atoms with E-state index in [1.807, 2.05) is 6.92 Å². The van der Waals surface area contributed by atoms with Crippen LogP contribution in [0, 0.1) is 5.82 Å². The first-order valence-electron chi connectivity index (χ1n) is 6.03. The lowest BCUT2D eigenvalue weighted by atomic mass is 10.1. The maximum absolute atomic E-state index is 12.8. The van der Waals surface area contributed by atoms with Crippen LogP contribution < -0.4 is 5.32 Å². The number of halogens is 2. The van der Waals surface area contributed by atoms with Gasteiger partial charge >= 0.3 is 6.01 Å². The van der Waals surface area contributed by atoms with Crippen LogP contribution in [0.15, 0.2) is 28.7 Å². The Morgan fingerprint density at radius 3 is 2.53 bits per heavy atom. The van der Waals surface area contributed by atoms with E-state index in [1.54, 1.807) is 19.1 Å². The van der Waals surface area contributed by atoms with Crippen molar-refractivity contribution in [2.75, 3.05) is 5.32 Å². The molecule has 0 fully saturated rings. The smallest absolute Gasteiger partial charge is 0.315 e. The molecule has 2 atom stereocenters. The number of hydrogen-bond donors (Lipinski definition) is 1. The Morgan fingerprint density at radius 2 is 1.95 bits per heavy atom. The lowest BCUT2D eigenvalue weighted by Gasteiger charge is -2.11. The van der Waals surface area contributed by atoms with Crippen LogP contribution in [0.5, 0.6) is 0 Å². The van der Waals surface area contributed by atoms with Gasteiger partial charge in [0.05, 0.1) is 0 Å². The monoisotopic (exact) mass is 283 g/mol. The molecule has 0 saturated heterocycles. The zero-order valence-corrected chi connectivity index (χ0v) is 11.5. The zero-order chi connectivity index (χ0) is 13.8. The van der Waals surface area contributed by atoms with Gasteiger partial charge in [-0.05, 0) is 38.0 Å². The van der Waals surface area contributed by atoms with Crippen molar-refractivity contribution in [1.82, 2.24) is 10.2 Å². The van der Waals surface area contributed by atoms with E-state index in [4.69, 9.17) is 16.0 Å². The van der Waals surface area contributed by atoms with Crippen LogP contribution >= 0.6 is 11.6 Å². The van der Waals surface area contributed by atoms with Crippen molar-refractivity contribution in [3.05, 3.63) is 41.5 Å². The standard InChI is InChI=1S/C13H15ClFN3O/c1-8(7-10-3-5-11(15)6-4-10)16-13-18-17-12(19-13)9(2)14/h3-6,8-9H,7H2,1-2H3,(H,16,18). The minimum atomic E-state index is -0.310. The molecule has 0 aliphatic rings. The molecule has 2 rings (SSSR count). The van der Waals surface area contributed by atoms with E-state index in [-0.39, 0.29) is 17.2 Å². The van der Waals surface area contributed by atoms with Crippen LogP contribution in [0.2, 0.25) is 0 Å². The first kappa shape index (κ1) is 13.8. The van der Waals surface area contributed by atoms with E-state index in [2.05, 4.69) is 15.5 Å². The molecule has 2 unspecified atom stereocenters. The molecule has 0 saturated carbocycles. The molecule has 0 radical (unpaired) electrons. The Labute approximate surface area is 116 Å². The molecule has 2 aromatic rings. The summed E-state index contributed by atoms with van der Waals surface area (Å²) in [7, 11) is 0. The van der Waals surface area contributed by atoms with E-state index in [1.165, 1.54) is 12.1 Å². The van der Waals surface area contributed by atoms with Crippen LogP contribution in [0.1, 0.15) is 30.7 Å². The minimum absolute atomic E-state index is 0.0874. The van der Waals surface area contributed by atoms with Crippen molar-refractivity contribution >= 4 is 17.6 Å². The molecule has 0 aliphatic heterocycles. The lowest BCUT2D eigenvalue weighted by molar-refractivity contribution is 0.500. The SMILES string of the molecule is CC(Cc1ccc(F)cc1)Nc1nnc(C(C)Cl)o1. The number of rotatable bonds is 5. The first-order valence-corrected chi connectivity index (χ1v) is 6.46. The highest BCUT2D eigenvalue weighted by atomic mass is 35.5. The molecule has 102 valence electrons. The predicted molar refractivity (Wildman–Crippen MR) is 71.8 cm³/mol. The molecular weight excluding hydrogens is 269 g/mol. The molecule has 0 bridgehead atoms. The molecule has 6 heteroatoms. The summed E-state index contributed by atoms with van der Waals surface area (Å²) in [4.78, 5) is 0. The van der Waals surface area contributed by atoms with E-state index >= 15 is 0 Å². The lowest BCUT2D eigenvalue weighted by Crippen LogP contribution is -2.18. The van der Waals surface area contributed by atoms with Crippen LogP contribution in [-0.4, -0.2) is 16.2 Å². The highest BCUT2D eigenvalue weighted by molar-refractivity contribution is 6.20. The van der Waals surface area contributed by atoms with Crippen molar-refractivity contribution in [1.29, 1.82) is 0 Å². The first-order chi connectivity index (χ1) is 9.04. The highest BCUT2D eigenvalue weighted by Crippen LogP contribution is 2.19. The van der Waals surface area contributed by atoms with Gasteiger partial charge in [-0.15, -0.1) is 16.7 Å². The predicted octanol–water partition coefficient (Wildman–Crippen LogP) is 3.55. The van der Waals surface area contributed by atoms with E-state index in [9.17, 15) is 4.39 Å². The third-order valence-electron chi connectivity index (χ3n) is 2.61. The van der Waals surface area contributed by atoms with E-state index in [0.717, 1.165) is 12.0 Å². The molecule has 1 N–H and O–H groups in total. The van der Waals surface area contributed by atoms with Gasteiger partial charge < -0.3 is 9.73 Å². The van der Waals surface area contributed by atoms with E-state index in [0.29, 0.717) is 11.9 Å². The maximum Gasteiger partial charge on any atom is 0.315 e. The highest BCUT2D eigenvalue weighted by Gasteiger charge is 2.13. The van der Waals surface area contributed by atoms with Gasteiger partial charge in [0.25, 0.3) is 0 Å². The summed E-state index contributed by atoms with van der Waals surface area (Å²) in [6.45, 7) is 3.75. The summed E-state index contributed by atoms with van der Waals surface area (Å²) >= 11 is 5.84. The molecule has 1 aromatic carbocycles. The average Bonchev–Trinajstić information content (AvgIpc) is 2.80. The maximum atomic E-state index is 12.8. The van der Waals surface area contributed by atoms with Gasteiger partial charge in [-0.2, -0.15) is 0 Å². The van der Waals surface area contributed by atoms with Gasteiger partial charge in [-0.3, -0.25) is 0 Å². The molecular formula is C13H15ClFN3O. The van der Waals surface area contributed by atoms with Gasteiger partial charge in [0, 0.05) is 6.04 Å². The normalized spacial score (nSPS) is 14.1. The largest absolute Gasteiger partial charge is 0.406 e. The summed E-state index contributed by atoms with van der Waals surface area (Å²) in [6, 6.07) is 6.84. The van der Waals surface area contributed by atoms with Crippen LogP contribution in [-0.2, 0) is 6.42 Å². The van der Waals surface area contributed by atoms with Crippen molar-refractivity contribution < 1.29 is 8.81 Å². The van der Waals surface area contributed by atoms with Crippen molar-refractivity contribution in [3.63, 3.8) is 0 Å². The van der Waals surface area contributed by atoms with Gasteiger partial charge in [-0.1, -0.05) is 17.2 Å². The molecule has 19 heavy (non-hydrogen) atoms. The third-order valence-corrected chi connectivity index (χ3v) is 2.79. The number of nitrogens with one attached hydrogen (secondary N) is 1. The van der Waals surface area contributed by atoms with Crippen LogP contribution in [0.3, 0.4) is 0 Å².